The summed E-state index contributed by atoms with van der Waals surface area (Å²) in [5.74, 6) is -0.253. The molecular weight excluding hydrogens is 274 g/mol. The minimum atomic E-state index is -0.253. The molecule has 2 aromatic carbocycles. The predicted octanol–water partition coefficient (Wildman–Crippen LogP) is 3.24. The summed E-state index contributed by atoms with van der Waals surface area (Å²) in [6.45, 7) is 0. The van der Waals surface area contributed by atoms with Crippen LogP contribution in [-0.4, -0.2) is 20.0 Å². The van der Waals surface area contributed by atoms with Crippen molar-refractivity contribution in [1.29, 1.82) is 0 Å². The van der Waals surface area contributed by atoms with Crippen molar-refractivity contribution in [1.82, 2.24) is 0 Å². The third-order valence-electron chi connectivity index (χ3n) is 2.89. The smallest absolute Gasteiger partial charge is 0.257 e. The Kier molecular flexibility index (Phi) is 4.15. The Morgan fingerprint density at radius 1 is 1.20 bits per heavy atom. The standard InChI is InChI=1S/C15H16ClN3O/c1-19(2)14-8-7-10(9-12(14)16)18-15(20)11-5-3-4-6-13(11)17/h3-9H,17H2,1-2H3,(H,18,20). The van der Waals surface area contributed by atoms with Crippen molar-refractivity contribution >= 4 is 34.6 Å². The van der Waals surface area contributed by atoms with Gasteiger partial charge < -0.3 is 16.0 Å². The molecule has 0 saturated heterocycles. The van der Waals surface area contributed by atoms with Crippen LogP contribution in [0.15, 0.2) is 42.5 Å². The highest BCUT2D eigenvalue weighted by Crippen LogP contribution is 2.27. The maximum Gasteiger partial charge on any atom is 0.257 e. The lowest BCUT2D eigenvalue weighted by Crippen LogP contribution is -2.14. The lowest BCUT2D eigenvalue weighted by atomic mass is 10.1. The number of nitrogens with two attached hydrogens (primary N) is 1. The highest BCUT2D eigenvalue weighted by Gasteiger charge is 2.10. The molecule has 0 fully saturated rings. The van der Waals surface area contributed by atoms with E-state index in [0.29, 0.717) is 22.0 Å². The van der Waals surface area contributed by atoms with Crippen LogP contribution in [0.3, 0.4) is 0 Å². The molecule has 1 amide bonds. The molecule has 2 aromatic rings. The molecule has 0 heterocycles. The van der Waals surface area contributed by atoms with Crippen LogP contribution in [0.5, 0.6) is 0 Å². The van der Waals surface area contributed by atoms with Crippen LogP contribution < -0.4 is 16.0 Å². The maximum absolute atomic E-state index is 12.1. The van der Waals surface area contributed by atoms with Crippen LogP contribution in [-0.2, 0) is 0 Å². The Balaban J connectivity index is 2.21. The monoisotopic (exact) mass is 289 g/mol. The Labute approximate surface area is 123 Å². The first-order valence-electron chi connectivity index (χ1n) is 6.12. The highest BCUT2D eigenvalue weighted by molar-refractivity contribution is 6.33. The maximum atomic E-state index is 12.1. The SMILES string of the molecule is CN(C)c1ccc(NC(=O)c2ccccc2N)cc1Cl. The number of carbonyl (C=O) groups is 1. The summed E-state index contributed by atoms with van der Waals surface area (Å²) in [6, 6.07) is 12.3. The first-order valence-corrected chi connectivity index (χ1v) is 6.49. The summed E-state index contributed by atoms with van der Waals surface area (Å²) in [7, 11) is 3.81. The molecule has 0 aliphatic rings. The second-order valence-corrected chi connectivity index (χ2v) is 5.01. The van der Waals surface area contributed by atoms with Crippen LogP contribution >= 0.6 is 11.6 Å². The quantitative estimate of drug-likeness (QED) is 0.853. The molecule has 0 saturated carbocycles. The van der Waals surface area contributed by atoms with Gasteiger partial charge in [0.05, 0.1) is 16.3 Å². The van der Waals surface area contributed by atoms with E-state index in [1.54, 1.807) is 36.4 Å². The Morgan fingerprint density at radius 3 is 2.50 bits per heavy atom. The van der Waals surface area contributed by atoms with Gasteiger partial charge in [-0.05, 0) is 30.3 Å². The number of nitrogens with zero attached hydrogens (tertiary/aromatic N) is 1. The summed E-state index contributed by atoms with van der Waals surface area (Å²) < 4.78 is 0. The van der Waals surface area contributed by atoms with Crippen molar-refractivity contribution in [3.63, 3.8) is 0 Å². The fourth-order valence-corrected chi connectivity index (χ4v) is 2.20. The molecule has 5 heteroatoms. The summed E-state index contributed by atoms with van der Waals surface area (Å²) in [5, 5.41) is 3.36. The van der Waals surface area contributed by atoms with Gasteiger partial charge in [-0.15, -0.1) is 0 Å². The fraction of sp³-hybridized carbons (Fsp3) is 0.133. The largest absolute Gasteiger partial charge is 0.398 e. The lowest BCUT2D eigenvalue weighted by Gasteiger charge is -2.15. The average molecular weight is 290 g/mol. The molecule has 0 bridgehead atoms. The second-order valence-electron chi connectivity index (χ2n) is 4.60. The molecule has 0 radical (unpaired) electrons. The summed E-state index contributed by atoms with van der Waals surface area (Å²) in [4.78, 5) is 14.0. The van der Waals surface area contributed by atoms with Crippen molar-refractivity contribution in [3.05, 3.63) is 53.1 Å². The van der Waals surface area contributed by atoms with Crippen LogP contribution in [0, 0.1) is 0 Å². The molecule has 104 valence electrons. The Hall–Kier alpha value is -2.20. The number of nitrogen functional groups attached to an aromatic ring is 1. The van der Waals surface area contributed by atoms with Gasteiger partial charge in [0.1, 0.15) is 0 Å². The van der Waals surface area contributed by atoms with Crippen molar-refractivity contribution < 1.29 is 4.79 Å². The first kappa shape index (κ1) is 14.2. The number of halogens is 1. The van der Waals surface area contributed by atoms with Gasteiger partial charge in [0.2, 0.25) is 0 Å². The molecule has 0 atom stereocenters. The van der Waals surface area contributed by atoms with Crippen molar-refractivity contribution in [2.45, 2.75) is 0 Å². The number of amides is 1. The van der Waals surface area contributed by atoms with E-state index in [1.165, 1.54) is 0 Å². The zero-order valence-electron chi connectivity index (χ0n) is 11.4. The third-order valence-corrected chi connectivity index (χ3v) is 3.20. The van der Waals surface area contributed by atoms with Gasteiger partial charge in [-0.3, -0.25) is 4.79 Å². The number of hydrogen-bond donors (Lipinski definition) is 2. The molecule has 4 nitrogen and oxygen atoms in total. The lowest BCUT2D eigenvalue weighted by molar-refractivity contribution is 0.102. The van der Waals surface area contributed by atoms with Gasteiger partial charge in [-0.2, -0.15) is 0 Å². The van der Waals surface area contributed by atoms with Crippen LogP contribution in [0.4, 0.5) is 17.1 Å². The van der Waals surface area contributed by atoms with E-state index in [4.69, 9.17) is 17.3 Å². The Bertz CT molecular complexity index is 641. The average Bonchev–Trinajstić information content (AvgIpc) is 2.38. The van der Waals surface area contributed by atoms with E-state index in [0.717, 1.165) is 5.69 Å². The zero-order valence-corrected chi connectivity index (χ0v) is 12.1. The number of rotatable bonds is 3. The van der Waals surface area contributed by atoms with Crippen molar-refractivity contribution in [2.75, 3.05) is 30.0 Å². The topological polar surface area (TPSA) is 58.4 Å². The van der Waals surface area contributed by atoms with Gasteiger partial charge in [0.15, 0.2) is 0 Å². The summed E-state index contributed by atoms with van der Waals surface area (Å²) in [5.41, 5.74) is 8.19. The van der Waals surface area contributed by atoms with Gasteiger partial charge in [-0.25, -0.2) is 0 Å². The minimum absolute atomic E-state index is 0.253. The second kappa shape index (κ2) is 5.84. The van der Waals surface area contributed by atoms with Gasteiger partial charge in [0, 0.05) is 25.5 Å². The van der Waals surface area contributed by atoms with Crippen LogP contribution in [0.25, 0.3) is 0 Å². The molecule has 3 N–H and O–H groups in total. The molecular formula is C15H16ClN3O. The number of carbonyl (C=O) groups excluding carboxylic acids is 1. The molecule has 2 rings (SSSR count). The fourth-order valence-electron chi connectivity index (χ4n) is 1.85. The Morgan fingerprint density at radius 2 is 1.90 bits per heavy atom. The number of para-hydroxylation sites is 1. The molecule has 0 spiro atoms. The number of benzene rings is 2. The highest BCUT2D eigenvalue weighted by atomic mass is 35.5. The number of nitrogens with one attached hydrogen (secondary N) is 1. The van der Waals surface area contributed by atoms with E-state index in [-0.39, 0.29) is 5.91 Å². The summed E-state index contributed by atoms with van der Waals surface area (Å²) >= 11 is 6.17. The van der Waals surface area contributed by atoms with E-state index in [2.05, 4.69) is 5.32 Å². The van der Waals surface area contributed by atoms with Gasteiger partial charge >= 0.3 is 0 Å². The molecule has 0 aliphatic carbocycles. The van der Waals surface area contributed by atoms with E-state index < -0.39 is 0 Å². The number of hydrogen-bond acceptors (Lipinski definition) is 3. The van der Waals surface area contributed by atoms with E-state index in [1.807, 2.05) is 25.1 Å². The van der Waals surface area contributed by atoms with Crippen LogP contribution in [0.1, 0.15) is 10.4 Å². The normalized spacial score (nSPS) is 10.2. The van der Waals surface area contributed by atoms with Gasteiger partial charge in [-0.1, -0.05) is 23.7 Å². The molecule has 0 aliphatic heterocycles. The van der Waals surface area contributed by atoms with Crippen LogP contribution in [0.2, 0.25) is 5.02 Å². The molecule has 0 aromatic heterocycles. The molecule has 20 heavy (non-hydrogen) atoms. The molecule has 0 unspecified atom stereocenters. The minimum Gasteiger partial charge on any atom is -0.398 e. The van der Waals surface area contributed by atoms with E-state index in [9.17, 15) is 4.79 Å². The number of anilines is 3. The van der Waals surface area contributed by atoms with Gasteiger partial charge in [0.25, 0.3) is 5.91 Å². The van der Waals surface area contributed by atoms with Crippen molar-refractivity contribution in [3.8, 4) is 0 Å². The third kappa shape index (κ3) is 3.03. The first-order chi connectivity index (χ1) is 9.49. The van der Waals surface area contributed by atoms with Crippen molar-refractivity contribution in [2.24, 2.45) is 0 Å². The zero-order chi connectivity index (χ0) is 14.7. The summed E-state index contributed by atoms with van der Waals surface area (Å²) in [6.07, 6.45) is 0. The van der Waals surface area contributed by atoms with E-state index >= 15 is 0 Å². The predicted molar refractivity (Wildman–Crippen MR) is 84.6 cm³/mol.